The van der Waals surface area contributed by atoms with E-state index in [2.05, 4.69) is 15.1 Å². The van der Waals surface area contributed by atoms with Crippen LogP contribution < -0.4 is 0 Å². The molecule has 5 fully saturated rings. The molecule has 4 saturated carbocycles. The third-order valence-corrected chi connectivity index (χ3v) is 7.75. The van der Waals surface area contributed by atoms with Crippen LogP contribution in [0.3, 0.4) is 0 Å². The summed E-state index contributed by atoms with van der Waals surface area (Å²) in [6.07, 6.45) is 9.36. The molecule has 2 aromatic rings. The van der Waals surface area contributed by atoms with E-state index in [1.807, 2.05) is 30.3 Å². The molecule has 4 aliphatic carbocycles. The summed E-state index contributed by atoms with van der Waals surface area (Å²) in [7, 11) is 0. The first-order valence-corrected chi connectivity index (χ1v) is 10.9. The van der Waals surface area contributed by atoms with Crippen molar-refractivity contribution < 1.29 is 9.21 Å². The minimum atomic E-state index is -0.0976. The molecule has 0 N–H and O–H groups in total. The summed E-state index contributed by atoms with van der Waals surface area (Å²) in [5.41, 5.74) is 0.831. The molecule has 1 amide bonds. The van der Waals surface area contributed by atoms with Gasteiger partial charge < -0.3 is 9.32 Å². The summed E-state index contributed by atoms with van der Waals surface area (Å²) in [6.45, 7) is 0.828. The van der Waals surface area contributed by atoms with Gasteiger partial charge in [-0.25, -0.2) is 0 Å². The lowest BCUT2D eigenvalue weighted by molar-refractivity contribution is -0.159. The van der Waals surface area contributed by atoms with Crippen molar-refractivity contribution in [1.82, 2.24) is 15.1 Å². The van der Waals surface area contributed by atoms with Crippen LogP contribution in [0.1, 0.15) is 63.3 Å². The monoisotopic (exact) mass is 377 g/mol. The highest BCUT2D eigenvalue weighted by molar-refractivity contribution is 5.84. The van der Waals surface area contributed by atoms with Gasteiger partial charge in [0.25, 0.3) is 0 Å². The average Bonchev–Trinajstić information content (AvgIpc) is 3.36. The van der Waals surface area contributed by atoms with Crippen molar-refractivity contribution in [3.8, 4) is 11.5 Å². The Kier molecular flexibility index (Phi) is 3.69. The first-order valence-electron chi connectivity index (χ1n) is 10.9. The fourth-order valence-corrected chi connectivity index (χ4v) is 7.01. The van der Waals surface area contributed by atoms with Crippen LogP contribution in [0.15, 0.2) is 34.7 Å². The predicted octanol–water partition coefficient (Wildman–Crippen LogP) is 4.62. The van der Waals surface area contributed by atoms with Crippen LogP contribution in [-0.2, 0) is 4.79 Å². The molecule has 2 heterocycles. The molecule has 1 aromatic heterocycles. The lowest BCUT2D eigenvalue weighted by atomic mass is 9.49. The van der Waals surface area contributed by atoms with Crippen LogP contribution >= 0.6 is 0 Å². The van der Waals surface area contributed by atoms with Crippen molar-refractivity contribution in [2.75, 3.05) is 6.54 Å². The molecule has 4 bridgehead atoms. The summed E-state index contributed by atoms with van der Waals surface area (Å²) < 4.78 is 6.04. The van der Waals surface area contributed by atoms with E-state index >= 15 is 0 Å². The van der Waals surface area contributed by atoms with Gasteiger partial charge >= 0.3 is 0 Å². The summed E-state index contributed by atoms with van der Waals surface area (Å²) in [5.74, 6) is 3.88. The molecule has 7 rings (SSSR count). The van der Waals surface area contributed by atoms with Gasteiger partial charge in [0.15, 0.2) is 0 Å². The Morgan fingerprint density at radius 3 is 2.36 bits per heavy atom. The second-order valence-electron chi connectivity index (χ2n) is 9.67. The highest BCUT2D eigenvalue weighted by Crippen LogP contribution is 2.61. The van der Waals surface area contributed by atoms with Crippen LogP contribution in [-0.4, -0.2) is 27.5 Å². The van der Waals surface area contributed by atoms with Gasteiger partial charge in [-0.1, -0.05) is 18.2 Å². The first-order chi connectivity index (χ1) is 13.7. The maximum Gasteiger partial charge on any atom is 0.247 e. The number of amides is 1. The largest absolute Gasteiger partial charge is 0.418 e. The van der Waals surface area contributed by atoms with E-state index in [0.29, 0.717) is 17.7 Å². The quantitative estimate of drug-likeness (QED) is 0.783. The minimum Gasteiger partial charge on any atom is -0.418 e. The van der Waals surface area contributed by atoms with Gasteiger partial charge in [0, 0.05) is 12.1 Å². The second kappa shape index (κ2) is 6.16. The van der Waals surface area contributed by atoms with Crippen LogP contribution in [0.4, 0.5) is 0 Å². The molecule has 1 aromatic carbocycles. The number of carbonyl (C=O) groups excluding carboxylic acids is 1. The molecule has 5 heteroatoms. The SMILES string of the molecule is O=C(N1CCCC1c1nnc(-c2ccccc2)o1)C12CC3CC(CC(C3)C1)C2. The van der Waals surface area contributed by atoms with Crippen molar-refractivity contribution in [2.45, 2.75) is 57.4 Å². The van der Waals surface area contributed by atoms with E-state index in [1.54, 1.807) is 0 Å². The maximum atomic E-state index is 13.8. The van der Waals surface area contributed by atoms with Crippen LogP contribution in [0.25, 0.3) is 11.5 Å². The summed E-state index contributed by atoms with van der Waals surface area (Å²) in [4.78, 5) is 15.9. The molecule has 1 saturated heterocycles. The van der Waals surface area contributed by atoms with Crippen molar-refractivity contribution in [2.24, 2.45) is 23.2 Å². The highest BCUT2D eigenvalue weighted by atomic mass is 16.4. The Bertz CT molecular complexity index is 855. The molecule has 28 heavy (non-hydrogen) atoms. The summed E-state index contributed by atoms with van der Waals surface area (Å²) in [6, 6.07) is 9.82. The Labute approximate surface area is 165 Å². The number of carbonyl (C=O) groups is 1. The molecule has 1 unspecified atom stereocenters. The van der Waals surface area contributed by atoms with Crippen LogP contribution in [0.5, 0.6) is 0 Å². The zero-order valence-electron chi connectivity index (χ0n) is 16.2. The van der Waals surface area contributed by atoms with E-state index < -0.39 is 0 Å². The third-order valence-electron chi connectivity index (χ3n) is 7.75. The van der Waals surface area contributed by atoms with Gasteiger partial charge in [0.05, 0.1) is 5.41 Å². The average molecular weight is 377 g/mol. The Balaban J connectivity index is 1.27. The zero-order chi connectivity index (χ0) is 18.7. The van der Waals surface area contributed by atoms with Crippen molar-refractivity contribution in [1.29, 1.82) is 0 Å². The molecular formula is C23H27N3O2. The molecule has 1 atom stereocenters. The van der Waals surface area contributed by atoms with E-state index in [4.69, 9.17) is 4.42 Å². The number of likely N-dealkylation sites (tertiary alicyclic amines) is 1. The van der Waals surface area contributed by atoms with Gasteiger partial charge in [0.1, 0.15) is 6.04 Å². The van der Waals surface area contributed by atoms with Crippen molar-refractivity contribution in [3.05, 3.63) is 36.2 Å². The fourth-order valence-electron chi connectivity index (χ4n) is 7.01. The highest BCUT2D eigenvalue weighted by Gasteiger charge is 2.56. The molecule has 5 nitrogen and oxygen atoms in total. The third kappa shape index (κ3) is 2.55. The Hall–Kier alpha value is -2.17. The van der Waals surface area contributed by atoms with Gasteiger partial charge in [0.2, 0.25) is 17.7 Å². The summed E-state index contributed by atoms with van der Waals surface area (Å²) >= 11 is 0. The molecule has 0 spiro atoms. The van der Waals surface area contributed by atoms with Crippen LogP contribution in [0, 0.1) is 23.2 Å². The van der Waals surface area contributed by atoms with Gasteiger partial charge in [-0.2, -0.15) is 0 Å². The van der Waals surface area contributed by atoms with E-state index in [1.165, 1.54) is 19.3 Å². The second-order valence-corrected chi connectivity index (χ2v) is 9.67. The Morgan fingerprint density at radius 1 is 1.00 bits per heavy atom. The van der Waals surface area contributed by atoms with E-state index in [-0.39, 0.29) is 11.5 Å². The zero-order valence-corrected chi connectivity index (χ0v) is 16.2. The number of benzene rings is 1. The topological polar surface area (TPSA) is 59.2 Å². The number of aromatic nitrogens is 2. The lowest BCUT2D eigenvalue weighted by Crippen LogP contribution is -2.54. The normalized spacial score (nSPS) is 36.2. The number of hydrogen-bond donors (Lipinski definition) is 0. The lowest BCUT2D eigenvalue weighted by Gasteiger charge is -2.56. The maximum absolute atomic E-state index is 13.8. The van der Waals surface area contributed by atoms with Crippen molar-refractivity contribution >= 4 is 5.91 Å². The van der Waals surface area contributed by atoms with E-state index in [9.17, 15) is 4.79 Å². The van der Waals surface area contributed by atoms with Crippen molar-refractivity contribution in [3.63, 3.8) is 0 Å². The standard InChI is InChI=1S/C23H27N3O2/c27-22(23-12-15-9-16(13-23)11-17(10-15)14-23)26-8-4-7-19(26)21-25-24-20(28-21)18-5-2-1-3-6-18/h1-3,5-6,15-17,19H,4,7-14H2. The molecule has 0 radical (unpaired) electrons. The number of rotatable bonds is 3. The number of hydrogen-bond acceptors (Lipinski definition) is 4. The predicted molar refractivity (Wildman–Crippen MR) is 104 cm³/mol. The van der Waals surface area contributed by atoms with E-state index in [0.717, 1.165) is 62.0 Å². The molecule has 146 valence electrons. The molecule has 1 aliphatic heterocycles. The first kappa shape index (κ1) is 16.8. The van der Waals surface area contributed by atoms with Gasteiger partial charge in [-0.3, -0.25) is 4.79 Å². The summed E-state index contributed by atoms with van der Waals surface area (Å²) in [5, 5.41) is 8.61. The molecule has 5 aliphatic rings. The van der Waals surface area contributed by atoms with Crippen LogP contribution in [0.2, 0.25) is 0 Å². The van der Waals surface area contributed by atoms with Gasteiger partial charge in [-0.05, 0) is 81.3 Å². The molecular weight excluding hydrogens is 350 g/mol. The Morgan fingerprint density at radius 2 is 1.68 bits per heavy atom. The smallest absolute Gasteiger partial charge is 0.247 e. The van der Waals surface area contributed by atoms with Gasteiger partial charge in [-0.15, -0.1) is 10.2 Å². The number of nitrogens with zero attached hydrogens (tertiary/aromatic N) is 3. The minimum absolute atomic E-state index is 0.0505. The fraction of sp³-hybridized carbons (Fsp3) is 0.609.